The number of methoxy groups -OCH3 is 1. The summed E-state index contributed by atoms with van der Waals surface area (Å²) in [7, 11) is 1.48. The summed E-state index contributed by atoms with van der Waals surface area (Å²) in [6.07, 6.45) is 3.01. The molecule has 0 unspecified atom stereocenters. The Morgan fingerprint density at radius 3 is 3.06 bits per heavy atom. The molecule has 1 aromatic rings. The van der Waals surface area contributed by atoms with Crippen LogP contribution in [0.1, 0.15) is 23.2 Å². The number of hydrogen-bond donors (Lipinski definition) is 2. The number of aliphatic hydroxyl groups is 1. The van der Waals surface area contributed by atoms with Crippen molar-refractivity contribution in [1.29, 1.82) is 0 Å². The topological polar surface area (TPSA) is 71.5 Å². The van der Waals surface area contributed by atoms with Crippen molar-refractivity contribution < 1.29 is 14.6 Å². The molecule has 0 atom stereocenters. The van der Waals surface area contributed by atoms with E-state index in [1.165, 1.54) is 7.11 Å². The molecule has 0 spiro atoms. The largest absolute Gasteiger partial charge is 0.480 e. The lowest BCUT2D eigenvalue weighted by Crippen LogP contribution is -2.25. The minimum absolute atomic E-state index is 0.145. The van der Waals surface area contributed by atoms with Gasteiger partial charge in [0.15, 0.2) is 0 Å². The molecule has 0 fully saturated rings. The van der Waals surface area contributed by atoms with Crippen LogP contribution >= 0.6 is 0 Å². The summed E-state index contributed by atoms with van der Waals surface area (Å²) < 4.78 is 4.98. The zero-order chi connectivity index (χ0) is 11.8. The lowest BCUT2D eigenvalue weighted by atomic mass is 10.2. The molecule has 0 aliphatic carbocycles. The Morgan fingerprint density at radius 2 is 2.38 bits per heavy atom. The standard InChI is InChI=1S/C11H16N2O3/c1-16-11-9(5-4-7-13-11)10(15)12-6-2-3-8-14/h4-5,7,14H,2-3,6,8H2,1H3,(H,12,15). The molecule has 0 bridgehead atoms. The Bertz CT molecular complexity index is 342. The Labute approximate surface area is 94.5 Å². The Morgan fingerprint density at radius 1 is 1.56 bits per heavy atom. The SMILES string of the molecule is COc1ncccc1C(=O)NCCCCO. The van der Waals surface area contributed by atoms with Crippen LogP contribution in [0.4, 0.5) is 0 Å². The number of carbonyl (C=O) groups is 1. The van der Waals surface area contributed by atoms with Crippen LogP contribution < -0.4 is 10.1 Å². The minimum Gasteiger partial charge on any atom is -0.480 e. The summed E-state index contributed by atoms with van der Waals surface area (Å²) in [4.78, 5) is 15.6. The summed E-state index contributed by atoms with van der Waals surface area (Å²) in [5.41, 5.74) is 0.425. The van der Waals surface area contributed by atoms with Crippen molar-refractivity contribution in [1.82, 2.24) is 10.3 Å². The van der Waals surface area contributed by atoms with E-state index < -0.39 is 0 Å². The zero-order valence-electron chi connectivity index (χ0n) is 9.27. The molecule has 0 aromatic carbocycles. The van der Waals surface area contributed by atoms with E-state index in [1.54, 1.807) is 18.3 Å². The van der Waals surface area contributed by atoms with Gasteiger partial charge in [0, 0.05) is 19.3 Å². The van der Waals surface area contributed by atoms with E-state index in [0.717, 1.165) is 6.42 Å². The van der Waals surface area contributed by atoms with Gasteiger partial charge in [0.25, 0.3) is 5.91 Å². The van der Waals surface area contributed by atoms with E-state index in [0.29, 0.717) is 24.4 Å². The summed E-state index contributed by atoms with van der Waals surface area (Å²) in [6, 6.07) is 3.35. The number of nitrogens with one attached hydrogen (secondary N) is 1. The van der Waals surface area contributed by atoms with Gasteiger partial charge in [0.05, 0.1) is 7.11 Å². The number of pyridine rings is 1. The van der Waals surface area contributed by atoms with Crippen molar-refractivity contribution in [2.45, 2.75) is 12.8 Å². The van der Waals surface area contributed by atoms with Gasteiger partial charge >= 0.3 is 0 Å². The monoisotopic (exact) mass is 224 g/mol. The van der Waals surface area contributed by atoms with Gasteiger partial charge in [0.2, 0.25) is 5.88 Å². The molecule has 0 aliphatic heterocycles. The highest BCUT2D eigenvalue weighted by molar-refractivity contribution is 5.96. The highest BCUT2D eigenvalue weighted by atomic mass is 16.5. The summed E-state index contributed by atoms with van der Waals surface area (Å²) in [5.74, 6) is 0.116. The third-order valence-corrected chi connectivity index (χ3v) is 2.08. The Balaban J connectivity index is 2.52. The zero-order valence-corrected chi connectivity index (χ0v) is 9.27. The van der Waals surface area contributed by atoms with Gasteiger partial charge in [0.1, 0.15) is 5.56 Å². The molecule has 5 nitrogen and oxygen atoms in total. The summed E-state index contributed by atoms with van der Waals surface area (Å²) >= 11 is 0. The first kappa shape index (κ1) is 12.4. The van der Waals surface area contributed by atoms with Crippen LogP contribution in [0.5, 0.6) is 5.88 Å². The summed E-state index contributed by atoms with van der Waals surface area (Å²) in [5, 5.41) is 11.3. The fourth-order valence-corrected chi connectivity index (χ4v) is 1.26. The lowest BCUT2D eigenvalue weighted by molar-refractivity contribution is 0.0948. The first-order chi connectivity index (χ1) is 7.79. The maximum absolute atomic E-state index is 11.7. The highest BCUT2D eigenvalue weighted by Crippen LogP contribution is 2.12. The van der Waals surface area contributed by atoms with E-state index in [4.69, 9.17) is 9.84 Å². The molecule has 88 valence electrons. The minimum atomic E-state index is -0.206. The van der Waals surface area contributed by atoms with Crippen molar-refractivity contribution in [2.75, 3.05) is 20.3 Å². The van der Waals surface area contributed by atoms with Crippen molar-refractivity contribution in [2.24, 2.45) is 0 Å². The molecule has 2 N–H and O–H groups in total. The quantitative estimate of drug-likeness (QED) is 0.694. The molecule has 0 aliphatic rings. The van der Waals surface area contributed by atoms with E-state index >= 15 is 0 Å². The van der Waals surface area contributed by atoms with Crippen LogP contribution in [-0.4, -0.2) is 36.3 Å². The fourth-order valence-electron chi connectivity index (χ4n) is 1.26. The van der Waals surface area contributed by atoms with Crippen LogP contribution in [0, 0.1) is 0 Å². The molecule has 1 heterocycles. The van der Waals surface area contributed by atoms with Crippen LogP contribution in [0.2, 0.25) is 0 Å². The van der Waals surface area contributed by atoms with Crippen LogP contribution in [0.15, 0.2) is 18.3 Å². The number of rotatable bonds is 6. The molecule has 0 saturated carbocycles. The predicted molar refractivity (Wildman–Crippen MR) is 59.4 cm³/mol. The van der Waals surface area contributed by atoms with E-state index in [9.17, 15) is 4.79 Å². The van der Waals surface area contributed by atoms with Gasteiger partial charge < -0.3 is 15.2 Å². The van der Waals surface area contributed by atoms with Gasteiger partial charge in [-0.15, -0.1) is 0 Å². The van der Waals surface area contributed by atoms with Crippen LogP contribution in [0.3, 0.4) is 0 Å². The van der Waals surface area contributed by atoms with Gasteiger partial charge in [-0.3, -0.25) is 4.79 Å². The van der Waals surface area contributed by atoms with Gasteiger partial charge in [-0.1, -0.05) is 0 Å². The van der Waals surface area contributed by atoms with Gasteiger partial charge in [-0.25, -0.2) is 4.98 Å². The van der Waals surface area contributed by atoms with Crippen molar-refractivity contribution in [3.8, 4) is 5.88 Å². The van der Waals surface area contributed by atoms with Gasteiger partial charge in [-0.05, 0) is 25.0 Å². The maximum Gasteiger partial charge on any atom is 0.256 e. The second kappa shape index (κ2) is 6.79. The molecule has 1 rings (SSSR count). The second-order valence-electron chi connectivity index (χ2n) is 3.25. The van der Waals surface area contributed by atoms with Gasteiger partial charge in [-0.2, -0.15) is 0 Å². The number of amides is 1. The molecule has 1 amide bonds. The summed E-state index contributed by atoms with van der Waals surface area (Å²) in [6.45, 7) is 0.684. The average molecular weight is 224 g/mol. The molecule has 1 aromatic heterocycles. The number of nitrogens with zero attached hydrogens (tertiary/aromatic N) is 1. The van der Waals surface area contributed by atoms with E-state index in [1.807, 2.05) is 0 Å². The Kier molecular flexibility index (Phi) is 5.28. The maximum atomic E-state index is 11.7. The van der Waals surface area contributed by atoms with Crippen molar-refractivity contribution >= 4 is 5.91 Å². The third-order valence-electron chi connectivity index (χ3n) is 2.08. The average Bonchev–Trinajstić information content (AvgIpc) is 2.34. The fraction of sp³-hybridized carbons (Fsp3) is 0.455. The van der Waals surface area contributed by atoms with Crippen molar-refractivity contribution in [3.05, 3.63) is 23.9 Å². The van der Waals surface area contributed by atoms with Crippen LogP contribution in [-0.2, 0) is 0 Å². The number of ether oxygens (including phenoxy) is 1. The molecule has 5 heteroatoms. The number of unbranched alkanes of at least 4 members (excludes halogenated alkanes) is 1. The molecule has 0 radical (unpaired) electrons. The van der Waals surface area contributed by atoms with Crippen LogP contribution in [0.25, 0.3) is 0 Å². The second-order valence-corrected chi connectivity index (χ2v) is 3.25. The Hall–Kier alpha value is -1.62. The first-order valence-electron chi connectivity index (χ1n) is 5.17. The predicted octanol–water partition coefficient (Wildman–Crippen LogP) is 0.592. The lowest BCUT2D eigenvalue weighted by Gasteiger charge is -2.07. The molecule has 0 saturated heterocycles. The molecule has 16 heavy (non-hydrogen) atoms. The third kappa shape index (κ3) is 3.51. The number of hydrogen-bond acceptors (Lipinski definition) is 4. The van der Waals surface area contributed by atoms with E-state index in [2.05, 4.69) is 10.3 Å². The molecular weight excluding hydrogens is 208 g/mol. The number of carbonyl (C=O) groups excluding carboxylic acids is 1. The van der Waals surface area contributed by atoms with E-state index in [-0.39, 0.29) is 12.5 Å². The van der Waals surface area contributed by atoms with Crippen molar-refractivity contribution in [3.63, 3.8) is 0 Å². The smallest absolute Gasteiger partial charge is 0.256 e. The number of aromatic nitrogens is 1. The number of aliphatic hydroxyl groups excluding tert-OH is 1. The highest BCUT2D eigenvalue weighted by Gasteiger charge is 2.11. The normalized spacial score (nSPS) is 9.88. The first-order valence-corrected chi connectivity index (χ1v) is 5.17. The molecular formula is C11H16N2O3.